The summed E-state index contributed by atoms with van der Waals surface area (Å²) in [7, 11) is 0. The number of hydrazone groups is 1. The van der Waals surface area contributed by atoms with Gasteiger partial charge < -0.3 is 14.2 Å². The zero-order chi connectivity index (χ0) is 18.8. The molecular weight excluding hydrogens is 332 g/mol. The van der Waals surface area contributed by atoms with Crippen LogP contribution in [-0.4, -0.2) is 31.9 Å². The van der Waals surface area contributed by atoms with E-state index in [-0.39, 0.29) is 5.91 Å². The van der Waals surface area contributed by atoms with Crippen LogP contribution < -0.4 is 19.6 Å². The van der Waals surface area contributed by atoms with E-state index in [4.69, 9.17) is 14.2 Å². The van der Waals surface area contributed by atoms with Gasteiger partial charge in [-0.15, -0.1) is 0 Å². The van der Waals surface area contributed by atoms with Crippen LogP contribution in [0.1, 0.15) is 63.2 Å². The lowest BCUT2D eigenvalue weighted by Gasteiger charge is -2.17. The lowest BCUT2D eigenvalue weighted by atomic mass is 9.90. The molecular formula is C20H30N2O4. The van der Waals surface area contributed by atoms with Crippen LogP contribution in [0, 0.1) is 5.92 Å². The molecule has 1 aliphatic rings. The summed E-state index contributed by atoms with van der Waals surface area (Å²) in [5.74, 6) is 1.70. The zero-order valence-electron chi connectivity index (χ0n) is 16.0. The standard InChI is InChI=1S/C20H30N2O4/c1-4-24-17-12-16(13-18(25-5-2)19(17)26-6-3)20(23)22-21-14-15-10-8-7-9-11-15/h12-15H,4-11H2,1-3H3,(H,22,23)/b21-14+. The average molecular weight is 362 g/mol. The molecule has 2 rings (SSSR count). The van der Waals surface area contributed by atoms with Crippen molar-refractivity contribution in [3.8, 4) is 17.2 Å². The molecule has 0 aliphatic heterocycles. The summed E-state index contributed by atoms with van der Waals surface area (Å²) < 4.78 is 16.9. The zero-order valence-corrected chi connectivity index (χ0v) is 16.0. The fourth-order valence-corrected chi connectivity index (χ4v) is 3.07. The molecule has 6 heteroatoms. The summed E-state index contributed by atoms with van der Waals surface area (Å²) in [5.41, 5.74) is 3.05. The van der Waals surface area contributed by atoms with E-state index in [2.05, 4.69) is 10.5 Å². The van der Waals surface area contributed by atoms with E-state index in [0.29, 0.717) is 48.6 Å². The van der Waals surface area contributed by atoms with Gasteiger partial charge in [0.2, 0.25) is 5.75 Å². The van der Waals surface area contributed by atoms with Gasteiger partial charge in [-0.2, -0.15) is 5.10 Å². The number of benzene rings is 1. The molecule has 0 unspecified atom stereocenters. The van der Waals surface area contributed by atoms with Crippen LogP contribution in [0.15, 0.2) is 17.2 Å². The number of carbonyl (C=O) groups excluding carboxylic acids is 1. The van der Waals surface area contributed by atoms with Crippen molar-refractivity contribution in [2.45, 2.75) is 52.9 Å². The number of amides is 1. The number of nitrogens with zero attached hydrogens (tertiary/aromatic N) is 1. The third-order valence-corrected chi connectivity index (χ3v) is 4.27. The minimum atomic E-state index is -0.290. The normalized spacial score (nSPS) is 15.0. The van der Waals surface area contributed by atoms with Crippen molar-refractivity contribution in [2.24, 2.45) is 11.0 Å². The smallest absolute Gasteiger partial charge is 0.271 e. The molecule has 1 aromatic rings. The second-order valence-corrected chi connectivity index (χ2v) is 6.22. The Bertz CT molecular complexity index is 583. The lowest BCUT2D eigenvalue weighted by Crippen LogP contribution is -2.19. The van der Waals surface area contributed by atoms with Gasteiger partial charge >= 0.3 is 0 Å². The third-order valence-electron chi connectivity index (χ3n) is 4.27. The fraction of sp³-hybridized carbons (Fsp3) is 0.600. The first-order chi connectivity index (χ1) is 12.7. The molecule has 0 heterocycles. The Morgan fingerprint density at radius 2 is 1.62 bits per heavy atom. The molecule has 1 N–H and O–H groups in total. The van der Waals surface area contributed by atoms with Crippen LogP contribution in [0.3, 0.4) is 0 Å². The molecule has 0 atom stereocenters. The predicted molar refractivity (Wildman–Crippen MR) is 102 cm³/mol. The second kappa shape index (κ2) is 10.7. The van der Waals surface area contributed by atoms with Crippen molar-refractivity contribution in [1.82, 2.24) is 5.43 Å². The quantitative estimate of drug-likeness (QED) is 0.528. The molecule has 1 aliphatic carbocycles. The van der Waals surface area contributed by atoms with Crippen molar-refractivity contribution in [3.63, 3.8) is 0 Å². The van der Waals surface area contributed by atoms with Crippen molar-refractivity contribution in [2.75, 3.05) is 19.8 Å². The van der Waals surface area contributed by atoms with Gasteiger partial charge in [0.25, 0.3) is 5.91 Å². The molecule has 6 nitrogen and oxygen atoms in total. The molecule has 1 fully saturated rings. The molecule has 0 bridgehead atoms. The summed E-state index contributed by atoms with van der Waals surface area (Å²) in [6.45, 7) is 7.09. The Morgan fingerprint density at radius 1 is 1.04 bits per heavy atom. The fourth-order valence-electron chi connectivity index (χ4n) is 3.07. The van der Waals surface area contributed by atoms with E-state index < -0.39 is 0 Å². The largest absolute Gasteiger partial charge is 0.490 e. The van der Waals surface area contributed by atoms with Crippen molar-refractivity contribution in [1.29, 1.82) is 0 Å². The summed E-state index contributed by atoms with van der Waals surface area (Å²) in [6, 6.07) is 3.34. The minimum Gasteiger partial charge on any atom is -0.490 e. The van der Waals surface area contributed by atoms with E-state index >= 15 is 0 Å². The summed E-state index contributed by atoms with van der Waals surface area (Å²) in [5, 5.41) is 4.14. The average Bonchev–Trinajstić information content (AvgIpc) is 2.65. The molecule has 144 valence electrons. The van der Waals surface area contributed by atoms with Crippen LogP contribution >= 0.6 is 0 Å². The lowest BCUT2D eigenvalue weighted by molar-refractivity contribution is 0.0953. The molecule has 1 amide bonds. The Kier molecular flexibility index (Phi) is 8.25. The van der Waals surface area contributed by atoms with E-state index in [9.17, 15) is 4.79 Å². The van der Waals surface area contributed by atoms with Crippen molar-refractivity contribution < 1.29 is 19.0 Å². The Balaban J connectivity index is 2.15. The highest BCUT2D eigenvalue weighted by molar-refractivity contribution is 5.95. The highest BCUT2D eigenvalue weighted by atomic mass is 16.5. The highest BCUT2D eigenvalue weighted by Crippen LogP contribution is 2.39. The van der Waals surface area contributed by atoms with Crippen LogP contribution in [0.25, 0.3) is 0 Å². The molecule has 1 saturated carbocycles. The van der Waals surface area contributed by atoms with Crippen LogP contribution in [0.4, 0.5) is 0 Å². The maximum atomic E-state index is 12.5. The summed E-state index contributed by atoms with van der Waals surface area (Å²) >= 11 is 0. The van der Waals surface area contributed by atoms with Crippen LogP contribution in [-0.2, 0) is 0 Å². The molecule has 0 radical (unpaired) electrons. The van der Waals surface area contributed by atoms with Gasteiger partial charge in [-0.05, 0) is 51.7 Å². The molecule has 0 saturated heterocycles. The van der Waals surface area contributed by atoms with E-state index in [1.807, 2.05) is 27.0 Å². The minimum absolute atomic E-state index is 0.290. The second-order valence-electron chi connectivity index (χ2n) is 6.22. The first-order valence-electron chi connectivity index (χ1n) is 9.59. The topological polar surface area (TPSA) is 69.2 Å². The van der Waals surface area contributed by atoms with Gasteiger partial charge in [-0.25, -0.2) is 5.43 Å². The summed E-state index contributed by atoms with van der Waals surface area (Å²) in [6.07, 6.45) is 7.91. The first-order valence-corrected chi connectivity index (χ1v) is 9.59. The maximum absolute atomic E-state index is 12.5. The maximum Gasteiger partial charge on any atom is 0.271 e. The third kappa shape index (κ3) is 5.64. The van der Waals surface area contributed by atoms with Gasteiger partial charge in [0, 0.05) is 11.8 Å². The van der Waals surface area contributed by atoms with E-state index in [0.717, 1.165) is 12.8 Å². The van der Waals surface area contributed by atoms with Gasteiger partial charge in [0.1, 0.15) is 0 Å². The van der Waals surface area contributed by atoms with Crippen molar-refractivity contribution >= 4 is 12.1 Å². The van der Waals surface area contributed by atoms with Gasteiger partial charge in [-0.3, -0.25) is 4.79 Å². The number of nitrogens with one attached hydrogen (secondary N) is 1. The number of ether oxygens (including phenoxy) is 3. The Hall–Kier alpha value is -2.24. The van der Waals surface area contributed by atoms with Crippen LogP contribution in [0.5, 0.6) is 17.2 Å². The Labute approximate surface area is 155 Å². The predicted octanol–water partition coefficient (Wildman–Crippen LogP) is 4.18. The molecule has 0 spiro atoms. The number of carbonyl (C=O) groups is 1. The van der Waals surface area contributed by atoms with E-state index in [1.165, 1.54) is 19.3 Å². The van der Waals surface area contributed by atoms with Crippen LogP contribution in [0.2, 0.25) is 0 Å². The van der Waals surface area contributed by atoms with Gasteiger partial charge in [0.05, 0.1) is 19.8 Å². The van der Waals surface area contributed by atoms with Gasteiger partial charge in [-0.1, -0.05) is 19.3 Å². The monoisotopic (exact) mass is 362 g/mol. The number of hydrogen-bond donors (Lipinski definition) is 1. The van der Waals surface area contributed by atoms with Crippen molar-refractivity contribution in [3.05, 3.63) is 17.7 Å². The summed E-state index contributed by atoms with van der Waals surface area (Å²) in [4.78, 5) is 12.5. The number of rotatable bonds is 9. The SMILES string of the molecule is CCOc1cc(C(=O)N/N=C/C2CCCCC2)cc(OCC)c1OCC. The molecule has 1 aromatic carbocycles. The molecule has 26 heavy (non-hydrogen) atoms. The highest BCUT2D eigenvalue weighted by Gasteiger charge is 2.18. The first kappa shape index (κ1) is 20.1. The Morgan fingerprint density at radius 3 is 2.15 bits per heavy atom. The number of hydrogen-bond acceptors (Lipinski definition) is 5. The molecule has 0 aromatic heterocycles. The van der Waals surface area contributed by atoms with Gasteiger partial charge in [0.15, 0.2) is 11.5 Å². The van der Waals surface area contributed by atoms with E-state index in [1.54, 1.807) is 12.1 Å².